The zero-order valence-corrected chi connectivity index (χ0v) is 17.5. The summed E-state index contributed by atoms with van der Waals surface area (Å²) in [6.45, 7) is 3.32. The number of fused-ring (bicyclic) bond motifs is 1. The molecule has 9 heteroatoms. The summed E-state index contributed by atoms with van der Waals surface area (Å²) in [5.74, 6) is 0.0848. The second-order valence-electron chi connectivity index (χ2n) is 6.46. The molecule has 3 rings (SSSR count). The Morgan fingerprint density at radius 2 is 2.00 bits per heavy atom. The third-order valence-electron chi connectivity index (χ3n) is 4.04. The van der Waals surface area contributed by atoms with Crippen LogP contribution in [0.1, 0.15) is 26.7 Å². The number of nitrogens with zero attached hydrogens (tertiary/aromatic N) is 2. The predicted molar refractivity (Wildman–Crippen MR) is 114 cm³/mol. The Balaban J connectivity index is 1.92. The zero-order chi connectivity index (χ0) is 21.0. The van der Waals surface area contributed by atoms with E-state index in [4.69, 9.17) is 11.6 Å². The van der Waals surface area contributed by atoms with Crippen LogP contribution >= 0.6 is 11.6 Å². The molecule has 0 spiro atoms. The van der Waals surface area contributed by atoms with Gasteiger partial charge in [-0.1, -0.05) is 37.1 Å². The van der Waals surface area contributed by atoms with Crippen molar-refractivity contribution >= 4 is 49.9 Å². The van der Waals surface area contributed by atoms with Crippen molar-refractivity contribution in [3.05, 3.63) is 47.7 Å². The van der Waals surface area contributed by atoms with Gasteiger partial charge in [0, 0.05) is 18.7 Å². The number of nitrogens with one attached hydrogen (secondary N) is 2. The first-order valence-electron chi connectivity index (χ1n) is 8.96. The van der Waals surface area contributed by atoms with E-state index in [1.807, 2.05) is 19.1 Å². The van der Waals surface area contributed by atoms with Gasteiger partial charge in [0.15, 0.2) is 11.0 Å². The number of amides is 1. The number of hydrogen-bond donors (Lipinski definition) is 2. The van der Waals surface area contributed by atoms with E-state index in [0.29, 0.717) is 28.7 Å². The standard InChI is InChI=1S/C20H19ClN4O3S/c1-3-4-9-29(27,28)25-18-11-16(12-22-20(18)21)14-5-7-17-15(10-14)6-8-19(24-17)23-13(2)26/h5,7,10-12,25H,3-4,9H2,1-2H3,(H,23,24,26). The maximum Gasteiger partial charge on any atom is 0.232 e. The second kappa shape index (κ2) is 8.64. The van der Waals surface area contributed by atoms with Gasteiger partial charge < -0.3 is 5.32 Å². The lowest BCUT2D eigenvalue weighted by atomic mass is 10.1. The Bertz CT molecular complexity index is 1170. The fourth-order valence-corrected chi connectivity index (χ4v) is 4.11. The van der Waals surface area contributed by atoms with E-state index in [0.717, 1.165) is 12.0 Å². The highest BCUT2D eigenvalue weighted by atomic mass is 35.5. The van der Waals surface area contributed by atoms with Gasteiger partial charge in [0.05, 0.1) is 22.3 Å². The smallest absolute Gasteiger partial charge is 0.232 e. The molecule has 0 unspecified atom stereocenters. The fourth-order valence-electron chi connectivity index (χ4n) is 2.64. The third-order valence-corrected chi connectivity index (χ3v) is 5.70. The first-order valence-corrected chi connectivity index (χ1v) is 11.0. The molecule has 1 amide bonds. The summed E-state index contributed by atoms with van der Waals surface area (Å²) in [6.07, 6.45) is 2.90. The topological polar surface area (TPSA) is 101 Å². The molecule has 0 aliphatic carbocycles. The summed E-state index contributed by atoms with van der Waals surface area (Å²) in [5.41, 5.74) is 2.34. The number of anilines is 2. The predicted octanol–water partition coefficient (Wildman–Crippen LogP) is 4.05. The summed E-state index contributed by atoms with van der Waals surface area (Å²) in [5, 5.41) is 3.34. The van der Waals surface area contributed by atoms with Crippen molar-refractivity contribution in [2.24, 2.45) is 0 Å². The average Bonchev–Trinajstić information content (AvgIpc) is 2.67. The molecule has 2 heterocycles. The lowest BCUT2D eigenvalue weighted by molar-refractivity contribution is -0.114. The van der Waals surface area contributed by atoms with Crippen molar-refractivity contribution in [1.29, 1.82) is 0 Å². The van der Waals surface area contributed by atoms with E-state index in [2.05, 4.69) is 32.1 Å². The van der Waals surface area contributed by atoms with Crippen LogP contribution in [0.5, 0.6) is 0 Å². The van der Waals surface area contributed by atoms with E-state index in [9.17, 15) is 13.2 Å². The highest BCUT2D eigenvalue weighted by Gasteiger charge is 2.14. The van der Waals surface area contributed by atoms with Crippen LogP contribution in [0.25, 0.3) is 22.0 Å². The minimum absolute atomic E-state index is 0.0210. The molecule has 2 aromatic heterocycles. The van der Waals surface area contributed by atoms with Crippen LogP contribution in [-0.2, 0) is 14.8 Å². The van der Waals surface area contributed by atoms with Crippen molar-refractivity contribution < 1.29 is 13.2 Å². The quantitative estimate of drug-likeness (QED) is 0.550. The number of sulfonamides is 1. The highest BCUT2D eigenvalue weighted by molar-refractivity contribution is 7.92. The number of halogens is 1. The molecule has 0 aliphatic heterocycles. The number of unbranched alkanes of at least 4 members (excludes halogenated alkanes) is 1. The molecule has 0 fully saturated rings. The highest BCUT2D eigenvalue weighted by Crippen LogP contribution is 2.29. The number of hydrogen-bond acceptors (Lipinski definition) is 5. The summed E-state index contributed by atoms with van der Waals surface area (Å²) >= 11 is 6.08. The largest absolute Gasteiger partial charge is 0.304 e. The molecular formula is C20H19ClN4O3S. The number of pyridine rings is 1. The monoisotopic (exact) mass is 430 g/mol. The van der Waals surface area contributed by atoms with Gasteiger partial charge in [-0.15, -0.1) is 0 Å². The number of aromatic nitrogens is 2. The Morgan fingerprint density at radius 1 is 1.21 bits per heavy atom. The molecule has 3 aromatic rings. The number of rotatable bonds is 7. The zero-order valence-electron chi connectivity index (χ0n) is 15.9. The normalized spacial score (nSPS) is 11.1. The first kappa shape index (κ1) is 20.8. The van der Waals surface area contributed by atoms with Gasteiger partial charge in [0.2, 0.25) is 15.9 Å². The summed E-state index contributed by atoms with van der Waals surface area (Å²) in [6, 6.07) is 12.8. The number of carbonyl (C=O) groups excluding carboxylic acids is 1. The van der Waals surface area contributed by atoms with Crippen LogP contribution in [0.15, 0.2) is 30.5 Å². The third kappa shape index (κ3) is 5.34. The lowest BCUT2D eigenvalue weighted by Gasteiger charge is -2.11. The van der Waals surface area contributed by atoms with Gasteiger partial charge in [0.1, 0.15) is 0 Å². The minimum atomic E-state index is -3.50. The number of benzene rings is 1. The Labute approximate surface area is 174 Å². The summed E-state index contributed by atoms with van der Waals surface area (Å²) in [7, 11) is -3.50. The number of carbonyl (C=O) groups is 1. The van der Waals surface area contributed by atoms with Crippen LogP contribution in [0.3, 0.4) is 0 Å². The summed E-state index contributed by atoms with van der Waals surface area (Å²) < 4.78 is 26.9. The van der Waals surface area contributed by atoms with Gasteiger partial charge in [0.25, 0.3) is 0 Å². The molecule has 0 bridgehead atoms. The van der Waals surface area contributed by atoms with E-state index >= 15 is 0 Å². The van der Waals surface area contributed by atoms with Crippen LogP contribution in [-0.4, -0.2) is 30.0 Å². The van der Waals surface area contributed by atoms with Crippen LogP contribution in [0.4, 0.5) is 11.5 Å². The molecule has 0 atom stereocenters. The Morgan fingerprint density at radius 3 is 2.72 bits per heavy atom. The van der Waals surface area contributed by atoms with E-state index in [1.165, 1.54) is 6.92 Å². The van der Waals surface area contributed by atoms with Gasteiger partial charge in [-0.3, -0.25) is 9.52 Å². The van der Waals surface area contributed by atoms with Gasteiger partial charge in [-0.05, 0) is 36.2 Å². The maximum absolute atomic E-state index is 12.2. The van der Waals surface area contributed by atoms with Crippen LogP contribution in [0, 0.1) is 12.1 Å². The first-order chi connectivity index (χ1) is 13.8. The van der Waals surface area contributed by atoms with Gasteiger partial charge in [-0.25, -0.2) is 18.4 Å². The molecule has 7 nitrogen and oxygen atoms in total. The molecule has 0 radical (unpaired) electrons. The second-order valence-corrected chi connectivity index (χ2v) is 8.66. The molecule has 2 N–H and O–H groups in total. The maximum atomic E-state index is 12.2. The fraction of sp³-hybridized carbons (Fsp3) is 0.250. The van der Waals surface area contributed by atoms with Crippen molar-refractivity contribution in [3.63, 3.8) is 0 Å². The van der Waals surface area contributed by atoms with Crippen LogP contribution < -0.4 is 10.0 Å². The molecular weight excluding hydrogens is 412 g/mol. The van der Waals surface area contributed by atoms with Crippen LogP contribution in [0.2, 0.25) is 5.15 Å². The minimum Gasteiger partial charge on any atom is -0.304 e. The van der Waals surface area contributed by atoms with E-state index < -0.39 is 10.0 Å². The molecule has 29 heavy (non-hydrogen) atoms. The SMILES string of the molecule is CCCCS(=O)(=O)Nc1cc(-c2ccc3nc(NC(C)=O)c#cc3c2)cnc1Cl. The molecule has 150 valence electrons. The van der Waals surface area contributed by atoms with Crippen molar-refractivity contribution in [1.82, 2.24) is 9.97 Å². The van der Waals surface area contributed by atoms with Crippen molar-refractivity contribution in [3.8, 4) is 11.1 Å². The Hall–Kier alpha value is -2.89. The van der Waals surface area contributed by atoms with Crippen molar-refractivity contribution in [2.75, 3.05) is 15.8 Å². The molecule has 0 saturated carbocycles. The van der Waals surface area contributed by atoms with E-state index in [-0.39, 0.29) is 22.5 Å². The summed E-state index contributed by atoms with van der Waals surface area (Å²) in [4.78, 5) is 19.6. The Kier molecular flexibility index (Phi) is 6.20. The average molecular weight is 431 g/mol. The van der Waals surface area contributed by atoms with Crippen molar-refractivity contribution in [2.45, 2.75) is 26.7 Å². The van der Waals surface area contributed by atoms with E-state index in [1.54, 1.807) is 18.3 Å². The van der Waals surface area contributed by atoms with Gasteiger partial charge >= 0.3 is 0 Å². The lowest BCUT2D eigenvalue weighted by Crippen LogP contribution is -2.17. The molecule has 0 saturated heterocycles. The molecule has 0 aliphatic rings. The molecule has 1 aromatic carbocycles. The van der Waals surface area contributed by atoms with Gasteiger partial charge in [-0.2, -0.15) is 0 Å².